The first-order valence-electron chi connectivity index (χ1n) is 7.25. The molecule has 1 saturated heterocycles. The molecule has 0 spiro atoms. The van der Waals surface area contributed by atoms with Crippen molar-refractivity contribution >= 4 is 37.6 Å². The number of benzene rings is 1. The van der Waals surface area contributed by atoms with Gasteiger partial charge in [0.15, 0.2) is 0 Å². The van der Waals surface area contributed by atoms with E-state index in [2.05, 4.69) is 22.9 Å². The molecule has 0 N–H and O–H groups in total. The Labute approximate surface area is 140 Å². The summed E-state index contributed by atoms with van der Waals surface area (Å²) in [5, 5.41) is 0. The van der Waals surface area contributed by atoms with Crippen LogP contribution in [-0.4, -0.2) is 25.8 Å². The Bertz CT molecular complexity index is 618. The maximum atomic E-state index is 12.9. The number of halogens is 2. The molecule has 0 radical (unpaired) electrons. The fraction of sp³-hybridized carbons (Fsp3) is 0.600. The van der Waals surface area contributed by atoms with Crippen LogP contribution in [0.3, 0.4) is 0 Å². The summed E-state index contributed by atoms with van der Waals surface area (Å²) < 4.78 is 28.2. The van der Waals surface area contributed by atoms with Crippen molar-refractivity contribution in [3.05, 3.63) is 27.7 Å². The second-order valence-electron chi connectivity index (χ2n) is 5.64. The minimum atomic E-state index is -3.46. The highest BCUT2D eigenvalue weighted by Crippen LogP contribution is 2.32. The molecule has 1 unspecified atom stereocenters. The Morgan fingerprint density at radius 3 is 2.76 bits per heavy atom. The lowest BCUT2D eigenvalue weighted by molar-refractivity contribution is 0.261. The van der Waals surface area contributed by atoms with Gasteiger partial charge in [0.25, 0.3) is 0 Å². The number of sulfonamides is 1. The minimum absolute atomic E-state index is 0.314. The fourth-order valence-electron chi connectivity index (χ4n) is 2.79. The molecule has 1 atom stereocenters. The van der Waals surface area contributed by atoms with Crippen molar-refractivity contribution < 1.29 is 8.42 Å². The van der Waals surface area contributed by atoms with Gasteiger partial charge in [-0.25, -0.2) is 8.42 Å². The predicted octanol–water partition coefficient (Wildman–Crippen LogP) is 4.31. The van der Waals surface area contributed by atoms with Gasteiger partial charge in [0.2, 0.25) is 10.0 Å². The van der Waals surface area contributed by atoms with Crippen LogP contribution in [0.4, 0.5) is 0 Å². The zero-order valence-corrected chi connectivity index (χ0v) is 15.6. The van der Waals surface area contributed by atoms with Crippen molar-refractivity contribution in [1.82, 2.24) is 4.31 Å². The van der Waals surface area contributed by atoms with Crippen LogP contribution in [-0.2, 0) is 15.9 Å². The van der Waals surface area contributed by atoms with Gasteiger partial charge in [-0.3, -0.25) is 0 Å². The van der Waals surface area contributed by atoms with E-state index in [1.807, 2.05) is 13.0 Å². The average molecular weight is 395 g/mol. The Hall–Kier alpha value is -0.100. The first-order valence-corrected chi connectivity index (χ1v) is 10.0. The molecule has 0 saturated carbocycles. The van der Waals surface area contributed by atoms with Gasteiger partial charge in [0.05, 0.1) is 4.90 Å². The summed E-state index contributed by atoms with van der Waals surface area (Å²) in [5.74, 6) is 0.776. The van der Waals surface area contributed by atoms with E-state index in [4.69, 9.17) is 11.6 Å². The van der Waals surface area contributed by atoms with Crippen LogP contribution in [0.1, 0.15) is 37.3 Å². The largest absolute Gasteiger partial charge is 0.244 e. The third-order valence-corrected chi connectivity index (χ3v) is 7.63. The Morgan fingerprint density at radius 1 is 1.43 bits per heavy atom. The Kier molecular flexibility index (Phi) is 5.74. The van der Waals surface area contributed by atoms with Crippen LogP contribution in [0, 0.1) is 12.8 Å². The second-order valence-corrected chi connectivity index (χ2v) is 8.60. The summed E-state index contributed by atoms with van der Waals surface area (Å²) >= 11 is 9.31. The van der Waals surface area contributed by atoms with Gasteiger partial charge in [0.1, 0.15) is 0 Å². The van der Waals surface area contributed by atoms with Crippen molar-refractivity contribution in [2.24, 2.45) is 5.92 Å². The molecular formula is C15H21BrClNO2S. The minimum Gasteiger partial charge on any atom is -0.207 e. The quantitative estimate of drug-likeness (QED) is 0.714. The second kappa shape index (κ2) is 6.99. The molecular weight excluding hydrogens is 374 g/mol. The Balaban J connectivity index is 2.41. The summed E-state index contributed by atoms with van der Waals surface area (Å²) in [6.45, 7) is 5.24. The maximum Gasteiger partial charge on any atom is 0.244 e. The summed E-state index contributed by atoms with van der Waals surface area (Å²) in [5.41, 5.74) is 1.73. The molecule has 0 bridgehead atoms. The standard InChI is InChI=1S/C15H21BrClNO2S/c1-3-12-5-4-6-18(10-12)21(19,20)14-8-13(9-17)7-11(2)15(14)16/h7-8,12H,3-6,9-10H2,1-2H3. The highest BCUT2D eigenvalue weighted by atomic mass is 79.9. The number of piperidine rings is 1. The van der Waals surface area contributed by atoms with Crippen molar-refractivity contribution in [2.75, 3.05) is 13.1 Å². The zero-order valence-electron chi connectivity index (χ0n) is 12.4. The van der Waals surface area contributed by atoms with E-state index in [9.17, 15) is 8.42 Å². The number of hydrogen-bond donors (Lipinski definition) is 0. The van der Waals surface area contributed by atoms with Crippen LogP contribution in [0.2, 0.25) is 0 Å². The van der Waals surface area contributed by atoms with Crippen LogP contribution < -0.4 is 0 Å². The lowest BCUT2D eigenvalue weighted by Crippen LogP contribution is -2.39. The molecule has 1 aromatic carbocycles. The third-order valence-electron chi connectivity index (χ3n) is 4.11. The molecule has 1 fully saturated rings. The third kappa shape index (κ3) is 3.63. The molecule has 0 aliphatic carbocycles. The number of hydrogen-bond acceptors (Lipinski definition) is 2. The fourth-order valence-corrected chi connectivity index (χ4v) is 5.53. The van der Waals surface area contributed by atoms with E-state index in [0.29, 0.717) is 34.3 Å². The van der Waals surface area contributed by atoms with Crippen molar-refractivity contribution in [3.63, 3.8) is 0 Å². The molecule has 0 aromatic heterocycles. The summed E-state index contributed by atoms with van der Waals surface area (Å²) in [4.78, 5) is 0.343. The maximum absolute atomic E-state index is 12.9. The summed E-state index contributed by atoms with van der Waals surface area (Å²) in [6, 6.07) is 3.61. The van der Waals surface area contributed by atoms with E-state index >= 15 is 0 Å². The molecule has 3 nitrogen and oxygen atoms in total. The van der Waals surface area contributed by atoms with Gasteiger partial charge >= 0.3 is 0 Å². The summed E-state index contributed by atoms with van der Waals surface area (Å²) in [6.07, 6.45) is 3.07. The molecule has 1 aliphatic rings. The van der Waals surface area contributed by atoms with E-state index in [1.54, 1.807) is 10.4 Å². The van der Waals surface area contributed by atoms with Gasteiger partial charge in [-0.05, 0) is 58.8 Å². The number of aryl methyl sites for hydroxylation is 1. The predicted molar refractivity (Wildman–Crippen MR) is 90.2 cm³/mol. The lowest BCUT2D eigenvalue weighted by atomic mass is 9.97. The highest BCUT2D eigenvalue weighted by molar-refractivity contribution is 9.10. The molecule has 2 rings (SSSR count). The number of nitrogens with zero attached hydrogens (tertiary/aromatic N) is 1. The molecule has 1 heterocycles. The van der Waals surface area contributed by atoms with Crippen LogP contribution in [0.15, 0.2) is 21.5 Å². The van der Waals surface area contributed by atoms with Gasteiger partial charge in [-0.2, -0.15) is 4.31 Å². The van der Waals surface area contributed by atoms with Crippen molar-refractivity contribution in [3.8, 4) is 0 Å². The molecule has 0 amide bonds. The van der Waals surface area contributed by atoms with Crippen LogP contribution >= 0.6 is 27.5 Å². The molecule has 21 heavy (non-hydrogen) atoms. The Morgan fingerprint density at radius 2 is 2.14 bits per heavy atom. The van der Waals surface area contributed by atoms with Crippen LogP contribution in [0.25, 0.3) is 0 Å². The summed E-state index contributed by atoms with van der Waals surface area (Å²) in [7, 11) is -3.46. The van der Waals surface area contributed by atoms with Crippen molar-refractivity contribution in [1.29, 1.82) is 0 Å². The zero-order chi connectivity index (χ0) is 15.6. The van der Waals surface area contributed by atoms with E-state index in [1.165, 1.54) is 0 Å². The molecule has 6 heteroatoms. The molecule has 1 aromatic rings. The van der Waals surface area contributed by atoms with Crippen molar-refractivity contribution in [2.45, 2.75) is 43.9 Å². The van der Waals surface area contributed by atoms with Crippen LogP contribution in [0.5, 0.6) is 0 Å². The smallest absolute Gasteiger partial charge is 0.207 e. The molecule has 118 valence electrons. The SMILES string of the molecule is CCC1CCCN(S(=O)(=O)c2cc(CCl)cc(C)c2Br)C1. The lowest BCUT2D eigenvalue weighted by Gasteiger charge is -2.31. The number of rotatable bonds is 4. The monoisotopic (exact) mass is 393 g/mol. The normalized spacial score (nSPS) is 20.7. The van der Waals surface area contributed by atoms with E-state index in [-0.39, 0.29) is 0 Å². The highest BCUT2D eigenvalue weighted by Gasteiger charge is 2.31. The van der Waals surface area contributed by atoms with Gasteiger partial charge in [-0.1, -0.05) is 19.4 Å². The average Bonchev–Trinajstić information content (AvgIpc) is 2.49. The molecule has 1 aliphatic heterocycles. The first kappa shape index (κ1) is 17.3. The van der Waals surface area contributed by atoms with Gasteiger partial charge in [-0.15, -0.1) is 11.6 Å². The van der Waals surface area contributed by atoms with E-state index < -0.39 is 10.0 Å². The van der Waals surface area contributed by atoms with Gasteiger partial charge < -0.3 is 0 Å². The topological polar surface area (TPSA) is 37.4 Å². The number of alkyl halides is 1. The van der Waals surface area contributed by atoms with E-state index in [0.717, 1.165) is 30.4 Å². The van der Waals surface area contributed by atoms with Gasteiger partial charge in [0, 0.05) is 23.4 Å². The first-order chi connectivity index (χ1) is 9.90.